The first-order chi connectivity index (χ1) is 11.8. The molecule has 0 saturated heterocycles. The van der Waals surface area contributed by atoms with Crippen molar-refractivity contribution in [3.8, 4) is 5.75 Å². The molecule has 0 amide bonds. The Kier molecular flexibility index (Phi) is 5.51. The van der Waals surface area contributed by atoms with Crippen LogP contribution in [0.2, 0.25) is 0 Å². The lowest BCUT2D eigenvalue weighted by atomic mass is 10.1. The zero-order valence-electron chi connectivity index (χ0n) is 15.1. The second-order valence-electron chi connectivity index (χ2n) is 5.99. The summed E-state index contributed by atoms with van der Waals surface area (Å²) in [4.78, 5) is 23.9. The Bertz CT molecular complexity index is 849. The van der Waals surface area contributed by atoms with Crippen LogP contribution in [0.15, 0.2) is 24.4 Å². The third kappa shape index (κ3) is 3.84. The molecule has 1 aromatic heterocycles. The highest BCUT2D eigenvalue weighted by Crippen LogP contribution is 2.33. The predicted octanol–water partition coefficient (Wildman–Crippen LogP) is 2.99. The Morgan fingerprint density at radius 3 is 2.56 bits per heavy atom. The number of nitrogens with zero attached hydrogens (tertiary/aromatic N) is 1. The lowest BCUT2D eigenvalue weighted by molar-refractivity contribution is -0.131. The molecule has 6 nitrogen and oxygen atoms in total. The maximum Gasteiger partial charge on any atom is 0.340 e. The molecule has 0 atom stereocenters. The van der Waals surface area contributed by atoms with Gasteiger partial charge in [-0.05, 0) is 44.4 Å². The molecule has 1 aromatic carbocycles. The van der Waals surface area contributed by atoms with Gasteiger partial charge < -0.3 is 19.8 Å². The number of esters is 2. The van der Waals surface area contributed by atoms with E-state index in [-0.39, 0.29) is 6.61 Å². The van der Waals surface area contributed by atoms with Gasteiger partial charge in [0.15, 0.2) is 0 Å². The molecule has 0 saturated carbocycles. The minimum atomic E-state index is -0.407. The molecular formula is C19H24N2O4. The van der Waals surface area contributed by atoms with Crippen LogP contribution in [0, 0.1) is 6.92 Å². The molecule has 1 heterocycles. The lowest BCUT2D eigenvalue weighted by Crippen LogP contribution is -2.10. The van der Waals surface area contributed by atoms with E-state index in [2.05, 4.69) is 6.58 Å². The predicted molar refractivity (Wildman–Crippen MR) is 96.6 cm³/mol. The number of fused-ring (bicyclic) bond motifs is 1. The number of carbonyl (C=O) groups excluding carboxylic acids is 2. The first-order valence-corrected chi connectivity index (χ1v) is 8.16. The summed E-state index contributed by atoms with van der Waals surface area (Å²) in [6.45, 7) is 8.97. The fourth-order valence-corrected chi connectivity index (χ4v) is 2.89. The molecule has 0 bridgehead atoms. The molecule has 0 fully saturated rings. The van der Waals surface area contributed by atoms with E-state index in [0.717, 1.165) is 16.8 Å². The van der Waals surface area contributed by atoms with Crippen molar-refractivity contribution in [1.82, 2.24) is 4.57 Å². The number of aromatic nitrogens is 1. The molecule has 25 heavy (non-hydrogen) atoms. The van der Waals surface area contributed by atoms with Crippen molar-refractivity contribution >= 4 is 22.8 Å². The quantitative estimate of drug-likeness (QED) is 0.643. The van der Waals surface area contributed by atoms with Crippen LogP contribution in [0.5, 0.6) is 5.75 Å². The molecule has 2 rings (SSSR count). The van der Waals surface area contributed by atoms with Crippen LogP contribution in [0.4, 0.5) is 0 Å². The van der Waals surface area contributed by atoms with E-state index < -0.39 is 11.9 Å². The molecule has 134 valence electrons. The normalized spacial score (nSPS) is 10.7. The van der Waals surface area contributed by atoms with Gasteiger partial charge in [-0.3, -0.25) is 4.79 Å². The summed E-state index contributed by atoms with van der Waals surface area (Å²) in [5.74, 6) is -0.370. The highest BCUT2D eigenvalue weighted by molar-refractivity contribution is 6.06. The summed E-state index contributed by atoms with van der Waals surface area (Å²) < 4.78 is 12.4. The topological polar surface area (TPSA) is 83.6 Å². The van der Waals surface area contributed by atoms with Crippen LogP contribution < -0.4 is 10.5 Å². The van der Waals surface area contributed by atoms with Crippen molar-refractivity contribution in [2.24, 2.45) is 12.8 Å². The lowest BCUT2D eigenvalue weighted by Gasteiger charge is -2.07. The average Bonchev–Trinajstić information content (AvgIpc) is 2.77. The molecule has 6 heteroatoms. The standard InChI is InChI=1S/C19H24N2O4/c1-6-24-19(23)18-14-10-17(25-13(4)22)11(2)9-16(14)21(5)15(18)8-7-12(3)20/h9-10H,3,6-8,20H2,1-2,4-5H3. The number of hydrogen-bond acceptors (Lipinski definition) is 5. The van der Waals surface area contributed by atoms with E-state index in [0.29, 0.717) is 35.2 Å². The van der Waals surface area contributed by atoms with E-state index in [9.17, 15) is 9.59 Å². The maximum atomic E-state index is 12.6. The van der Waals surface area contributed by atoms with Crippen LogP contribution >= 0.6 is 0 Å². The van der Waals surface area contributed by atoms with Crippen molar-refractivity contribution in [2.45, 2.75) is 33.6 Å². The van der Waals surface area contributed by atoms with Crippen molar-refractivity contribution < 1.29 is 19.1 Å². The van der Waals surface area contributed by atoms with Crippen LogP contribution in [0.1, 0.15) is 41.9 Å². The smallest absolute Gasteiger partial charge is 0.340 e. The van der Waals surface area contributed by atoms with Gasteiger partial charge in [0.1, 0.15) is 5.75 Å². The summed E-state index contributed by atoms with van der Waals surface area (Å²) >= 11 is 0. The largest absolute Gasteiger partial charge is 0.462 e. The van der Waals surface area contributed by atoms with E-state index in [1.54, 1.807) is 13.0 Å². The van der Waals surface area contributed by atoms with E-state index in [1.807, 2.05) is 24.6 Å². The summed E-state index contributed by atoms with van der Waals surface area (Å²) in [5, 5.41) is 0.695. The molecule has 2 N–H and O–H groups in total. The van der Waals surface area contributed by atoms with Gasteiger partial charge in [0, 0.05) is 36.3 Å². The van der Waals surface area contributed by atoms with Gasteiger partial charge in [-0.25, -0.2) is 4.79 Å². The monoisotopic (exact) mass is 344 g/mol. The summed E-state index contributed by atoms with van der Waals surface area (Å²) in [6, 6.07) is 3.62. The van der Waals surface area contributed by atoms with Crippen molar-refractivity contribution in [3.63, 3.8) is 0 Å². The van der Waals surface area contributed by atoms with Gasteiger partial charge >= 0.3 is 11.9 Å². The van der Waals surface area contributed by atoms with Gasteiger partial charge in [-0.2, -0.15) is 0 Å². The van der Waals surface area contributed by atoms with E-state index in [4.69, 9.17) is 15.2 Å². The second-order valence-corrected chi connectivity index (χ2v) is 5.99. The third-order valence-electron chi connectivity index (χ3n) is 4.03. The number of nitrogens with two attached hydrogens (primary N) is 1. The van der Waals surface area contributed by atoms with Crippen LogP contribution in [0.25, 0.3) is 10.9 Å². The van der Waals surface area contributed by atoms with Gasteiger partial charge in [0.05, 0.1) is 12.2 Å². The second kappa shape index (κ2) is 7.42. The third-order valence-corrected chi connectivity index (χ3v) is 4.03. The molecule has 0 aliphatic rings. The Labute approximate surface area is 147 Å². The molecule has 0 unspecified atom stereocenters. The fourth-order valence-electron chi connectivity index (χ4n) is 2.89. The zero-order chi connectivity index (χ0) is 18.7. The first-order valence-electron chi connectivity index (χ1n) is 8.16. The zero-order valence-corrected chi connectivity index (χ0v) is 15.1. The number of aryl methyl sites for hydroxylation is 2. The Morgan fingerprint density at radius 1 is 1.32 bits per heavy atom. The molecule has 0 spiro atoms. The number of carbonyl (C=O) groups is 2. The van der Waals surface area contributed by atoms with Crippen LogP contribution in [0.3, 0.4) is 0 Å². The first kappa shape index (κ1) is 18.6. The maximum absolute atomic E-state index is 12.6. The van der Waals surface area contributed by atoms with Crippen molar-refractivity contribution in [1.29, 1.82) is 0 Å². The molecule has 0 radical (unpaired) electrons. The van der Waals surface area contributed by atoms with Crippen molar-refractivity contribution in [2.75, 3.05) is 6.61 Å². The molecule has 2 aromatic rings. The number of ether oxygens (including phenoxy) is 2. The molecule has 0 aliphatic heterocycles. The number of allylic oxidation sites excluding steroid dienone is 1. The number of benzene rings is 1. The number of rotatable bonds is 6. The number of hydrogen-bond donors (Lipinski definition) is 1. The van der Waals surface area contributed by atoms with Crippen molar-refractivity contribution in [3.05, 3.63) is 41.2 Å². The Hall–Kier alpha value is -2.76. The summed E-state index contributed by atoms with van der Waals surface area (Å²) in [6.07, 6.45) is 1.13. The molecule has 0 aliphatic carbocycles. The minimum absolute atomic E-state index is 0.279. The van der Waals surface area contributed by atoms with Gasteiger partial charge in [-0.1, -0.05) is 6.58 Å². The average molecular weight is 344 g/mol. The van der Waals surface area contributed by atoms with Gasteiger partial charge in [0.2, 0.25) is 0 Å². The Balaban J connectivity index is 2.70. The van der Waals surface area contributed by atoms with E-state index >= 15 is 0 Å². The van der Waals surface area contributed by atoms with Gasteiger partial charge in [0.25, 0.3) is 0 Å². The van der Waals surface area contributed by atoms with Crippen LogP contribution in [-0.2, 0) is 23.0 Å². The van der Waals surface area contributed by atoms with Crippen LogP contribution in [-0.4, -0.2) is 23.1 Å². The SMILES string of the molecule is C=C(N)CCc1c(C(=O)OCC)c2cc(OC(C)=O)c(C)cc2n1C. The fraction of sp³-hybridized carbons (Fsp3) is 0.368. The summed E-state index contributed by atoms with van der Waals surface area (Å²) in [7, 11) is 1.89. The summed E-state index contributed by atoms with van der Waals surface area (Å²) in [5.41, 5.74) is 9.23. The highest BCUT2D eigenvalue weighted by Gasteiger charge is 2.23. The minimum Gasteiger partial charge on any atom is -0.462 e. The highest BCUT2D eigenvalue weighted by atomic mass is 16.5. The van der Waals surface area contributed by atoms with Gasteiger partial charge in [-0.15, -0.1) is 0 Å². The van der Waals surface area contributed by atoms with E-state index in [1.165, 1.54) is 6.92 Å². The Morgan fingerprint density at radius 2 is 2.00 bits per heavy atom. The molecular weight excluding hydrogens is 320 g/mol.